The average molecular weight is 311 g/mol. The number of nitrogens with zero attached hydrogens (tertiary/aromatic N) is 4. The Morgan fingerprint density at radius 2 is 2.23 bits per heavy atom. The van der Waals surface area contributed by atoms with E-state index in [0.717, 1.165) is 0 Å². The van der Waals surface area contributed by atoms with Gasteiger partial charge in [-0.05, 0) is 6.92 Å². The van der Waals surface area contributed by atoms with Crippen molar-refractivity contribution >= 4 is 17.1 Å². The number of aliphatic hydroxyl groups is 3. The van der Waals surface area contributed by atoms with E-state index in [4.69, 9.17) is 15.2 Å². The standard InChI is InChI=1S/C12H17N5O5/c1-12(20)7(19)5(3-18)22-10(12)17-4-14-6-8(17)15-11(13)16-9(6)21-2/h4-5,7,10,18-20H,3H2,1-2H3,(H2,13,15,16)/t5-,7?,10-,12?/m1/s1. The molecule has 10 heteroatoms. The highest BCUT2D eigenvalue weighted by atomic mass is 16.6. The van der Waals surface area contributed by atoms with Crippen molar-refractivity contribution in [3.63, 3.8) is 0 Å². The number of anilines is 1. The number of ether oxygens (including phenoxy) is 2. The molecule has 2 unspecified atom stereocenters. The van der Waals surface area contributed by atoms with Crippen LogP contribution in [0.15, 0.2) is 6.33 Å². The van der Waals surface area contributed by atoms with Gasteiger partial charge >= 0.3 is 0 Å². The molecule has 0 spiro atoms. The number of hydrogen-bond acceptors (Lipinski definition) is 9. The lowest BCUT2D eigenvalue weighted by Crippen LogP contribution is -2.44. The fourth-order valence-corrected chi connectivity index (χ4v) is 2.61. The van der Waals surface area contributed by atoms with Crippen LogP contribution in [0.5, 0.6) is 5.88 Å². The second-order valence-electron chi connectivity index (χ2n) is 5.30. The van der Waals surface area contributed by atoms with Gasteiger partial charge in [-0.1, -0.05) is 0 Å². The predicted molar refractivity (Wildman–Crippen MR) is 73.9 cm³/mol. The summed E-state index contributed by atoms with van der Waals surface area (Å²) in [6.45, 7) is 0.979. The number of fused-ring (bicyclic) bond motifs is 1. The highest BCUT2D eigenvalue weighted by molar-refractivity contribution is 5.77. The summed E-state index contributed by atoms with van der Waals surface area (Å²) in [6, 6.07) is 0. The zero-order chi connectivity index (χ0) is 16.1. The maximum absolute atomic E-state index is 10.5. The number of aliphatic hydroxyl groups excluding tert-OH is 2. The van der Waals surface area contributed by atoms with Gasteiger partial charge in [0.2, 0.25) is 11.8 Å². The van der Waals surface area contributed by atoms with Crippen LogP contribution >= 0.6 is 0 Å². The van der Waals surface area contributed by atoms with Crippen LogP contribution in [0.25, 0.3) is 11.2 Å². The SMILES string of the molecule is COc1nc(N)nc2c1ncn2[C@@H]1O[C@H](CO)C(O)C1(C)O. The van der Waals surface area contributed by atoms with Gasteiger partial charge in [0, 0.05) is 0 Å². The molecule has 1 aliphatic rings. The van der Waals surface area contributed by atoms with Gasteiger partial charge in [-0.3, -0.25) is 4.57 Å². The third-order valence-corrected chi connectivity index (χ3v) is 3.79. The Balaban J connectivity index is 2.13. The largest absolute Gasteiger partial charge is 0.479 e. The van der Waals surface area contributed by atoms with E-state index in [9.17, 15) is 15.3 Å². The van der Waals surface area contributed by atoms with Gasteiger partial charge in [-0.15, -0.1) is 0 Å². The molecule has 1 fully saturated rings. The molecule has 1 saturated heterocycles. The van der Waals surface area contributed by atoms with Gasteiger partial charge in [0.1, 0.15) is 17.8 Å². The summed E-state index contributed by atoms with van der Waals surface area (Å²) >= 11 is 0. The molecule has 3 heterocycles. The molecule has 4 atom stereocenters. The van der Waals surface area contributed by atoms with Gasteiger partial charge in [0.25, 0.3) is 0 Å². The first-order valence-electron chi connectivity index (χ1n) is 6.61. The Bertz CT molecular complexity index is 703. The average Bonchev–Trinajstić information content (AvgIpc) is 2.98. The third kappa shape index (κ3) is 2.00. The predicted octanol–water partition coefficient (Wildman–Crippen LogP) is -1.58. The minimum absolute atomic E-state index is 0.0250. The maximum atomic E-state index is 10.5. The van der Waals surface area contributed by atoms with Crippen LogP contribution in [-0.4, -0.2) is 66.4 Å². The first-order valence-corrected chi connectivity index (χ1v) is 6.61. The van der Waals surface area contributed by atoms with Crippen molar-refractivity contribution in [2.24, 2.45) is 0 Å². The quantitative estimate of drug-likeness (QED) is 0.526. The number of nitrogen functional groups attached to an aromatic ring is 1. The van der Waals surface area contributed by atoms with Crippen LogP contribution in [0, 0.1) is 0 Å². The fraction of sp³-hybridized carbons (Fsp3) is 0.583. The van der Waals surface area contributed by atoms with E-state index in [1.165, 1.54) is 24.9 Å². The molecule has 0 aliphatic carbocycles. The van der Waals surface area contributed by atoms with E-state index in [1.807, 2.05) is 0 Å². The summed E-state index contributed by atoms with van der Waals surface area (Å²) < 4.78 is 12.1. The van der Waals surface area contributed by atoms with Gasteiger partial charge in [0.15, 0.2) is 17.4 Å². The molecule has 2 aromatic rings. The first-order chi connectivity index (χ1) is 10.4. The molecule has 0 bridgehead atoms. The highest BCUT2D eigenvalue weighted by Crippen LogP contribution is 2.39. The minimum Gasteiger partial charge on any atom is -0.479 e. The maximum Gasteiger partial charge on any atom is 0.246 e. The molecule has 22 heavy (non-hydrogen) atoms. The number of imidazole rings is 1. The molecule has 120 valence electrons. The lowest BCUT2D eigenvalue weighted by molar-refractivity contribution is -0.0950. The highest BCUT2D eigenvalue weighted by Gasteiger charge is 2.53. The Hall–Kier alpha value is -2.01. The molecule has 3 rings (SSSR count). The van der Waals surface area contributed by atoms with Crippen molar-refractivity contribution in [1.29, 1.82) is 0 Å². The zero-order valence-corrected chi connectivity index (χ0v) is 12.0. The normalized spacial score (nSPS) is 31.8. The molecular weight excluding hydrogens is 294 g/mol. The molecule has 0 amide bonds. The molecular formula is C12H17N5O5. The van der Waals surface area contributed by atoms with Crippen LogP contribution in [0.3, 0.4) is 0 Å². The van der Waals surface area contributed by atoms with Crippen LogP contribution in [0.2, 0.25) is 0 Å². The summed E-state index contributed by atoms with van der Waals surface area (Å²) in [6.07, 6.45) is -1.80. The van der Waals surface area contributed by atoms with Crippen molar-refractivity contribution in [3.05, 3.63) is 6.33 Å². The Labute approximate surface area is 125 Å². The van der Waals surface area contributed by atoms with Crippen LogP contribution in [0.4, 0.5) is 5.95 Å². The van der Waals surface area contributed by atoms with E-state index in [0.29, 0.717) is 11.2 Å². The molecule has 0 aromatic carbocycles. The summed E-state index contributed by atoms with van der Waals surface area (Å²) in [4.78, 5) is 12.1. The number of methoxy groups -OCH3 is 1. The molecule has 0 saturated carbocycles. The van der Waals surface area contributed by atoms with Crippen molar-refractivity contribution in [2.75, 3.05) is 19.5 Å². The van der Waals surface area contributed by atoms with Crippen LogP contribution in [-0.2, 0) is 4.74 Å². The van der Waals surface area contributed by atoms with Gasteiger partial charge in [-0.25, -0.2) is 4.98 Å². The molecule has 0 radical (unpaired) electrons. The zero-order valence-electron chi connectivity index (χ0n) is 12.0. The van der Waals surface area contributed by atoms with Crippen molar-refractivity contribution < 1.29 is 24.8 Å². The summed E-state index contributed by atoms with van der Waals surface area (Å²) in [5.41, 5.74) is 4.63. The van der Waals surface area contributed by atoms with E-state index < -0.39 is 30.6 Å². The van der Waals surface area contributed by atoms with E-state index in [2.05, 4.69) is 15.0 Å². The van der Waals surface area contributed by atoms with Crippen molar-refractivity contribution in [2.45, 2.75) is 31.0 Å². The summed E-state index contributed by atoms with van der Waals surface area (Å²) in [7, 11) is 1.42. The first kappa shape index (κ1) is 14.9. The third-order valence-electron chi connectivity index (χ3n) is 3.79. The Morgan fingerprint density at radius 1 is 1.50 bits per heavy atom. The number of aromatic nitrogens is 4. The number of nitrogens with two attached hydrogens (primary N) is 1. The Kier molecular flexibility index (Phi) is 3.40. The van der Waals surface area contributed by atoms with Gasteiger partial charge < -0.3 is 30.5 Å². The van der Waals surface area contributed by atoms with Crippen LogP contribution in [0.1, 0.15) is 13.2 Å². The van der Waals surface area contributed by atoms with E-state index >= 15 is 0 Å². The smallest absolute Gasteiger partial charge is 0.246 e. The molecule has 10 nitrogen and oxygen atoms in total. The fourth-order valence-electron chi connectivity index (χ4n) is 2.61. The number of rotatable bonds is 3. The van der Waals surface area contributed by atoms with E-state index in [-0.39, 0.29) is 11.8 Å². The summed E-state index contributed by atoms with van der Waals surface area (Å²) in [5, 5.41) is 29.8. The second kappa shape index (κ2) is 5.02. The lowest BCUT2D eigenvalue weighted by Gasteiger charge is -2.27. The second-order valence-corrected chi connectivity index (χ2v) is 5.30. The van der Waals surface area contributed by atoms with Crippen molar-refractivity contribution in [3.8, 4) is 5.88 Å². The molecule has 5 N–H and O–H groups in total. The number of hydrogen-bond donors (Lipinski definition) is 4. The van der Waals surface area contributed by atoms with E-state index in [1.54, 1.807) is 0 Å². The van der Waals surface area contributed by atoms with Crippen molar-refractivity contribution in [1.82, 2.24) is 19.5 Å². The Morgan fingerprint density at radius 3 is 2.82 bits per heavy atom. The molecule has 2 aromatic heterocycles. The summed E-state index contributed by atoms with van der Waals surface area (Å²) in [5.74, 6) is 0.168. The molecule has 1 aliphatic heterocycles. The van der Waals surface area contributed by atoms with Gasteiger partial charge in [-0.2, -0.15) is 9.97 Å². The van der Waals surface area contributed by atoms with Crippen LogP contribution < -0.4 is 10.5 Å². The minimum atomic E-state index is -1.64. The van der Waals surface area contributed by atoms with Gasteiger partial charge in [0.05, 0.1) is 20.0 Å². The lowest BCUT2D eigenvalue weighted by atomic mass is 9.96. The topological polar surface area (TPSA) is 149 Å². The monoisotopic (exact) mass is 311 g/mol.